The molecule has 1 aromatic heterocycles. The van der Waals surface area contributed by atoms with Gasteiger partial charge in [-0.2, -0.15) is 0 Å². The highest BCUT2D eigenvalue weighted by atomic mass is 35.5. The topological polar surface area (TPSA) is 100 Å². The minimum Gasteiger partial charge on any atom is -0.478 e. The highest BCUT2D eigenvalue weighted by Gasteiger charge is 2.29. The molecule has 10 heteroatoms. The van der Waals surface area contributed by atoms with E-state index < -0.39 is 17.9 Å². The third-order valence-electron chi connectivity index (χ3n) is 8.16. The van der Waals surface area contributed by atoms with Gasteiger partial charge in [0.05, 0.1) is 29.4 Å². The van der Waals surface area contributed by atoms with Gasteiger partial charge in [0.1, 0.15) is 23.1 Å². The monoisotopic (exact) mass is 590 g/mol. The molecule has 218 valence electrons. The van der Waals surface area contributed by atoms with Crippen LogP contribution >= 0.6 is 11.6 Å². The lowest BCUT2D eigenvalue weighted by Gasteiger charge is -2.34. The zero-order valence-electron chi connectivity index (χ0n) is 23.2. The van der Waals surface area contributed by atoms with E-state index in [9.17, 15) is 19.4 Å². The molecule has 0 unspecified atom stereocenters. The molecule has 3 heterocycles. The van der Waals surface area contributed by atoms with Crippen LogP contribution < -0.4 is 4.74 Å². The second-order valence-corrected chi connectivity index (χ2v) is 11.6. The maximum Gasteiger partial charge on any atom is 0.335 e. The number of carboxylic acid groups (broad SMARTS) is 1. The van der Waals surface area contributed by atoms with Gasteiger partial charge in [-0.1, -0.05) is 36.7 Å². The number of fused-ring (bicyclic) bond motifs is 2. The summed E-state index contributed by atoms with van der Waals surface area (Å²) >= 11 is 5.95. The summed E-state index contributed by atoms with van der Waals surface area (Å²) in [6.45, 7) is 4.83. The van der Waals surface area contributed by atoms with Crippen LogP contribution in [0.3, 0.4) is 0 Å². The predicted octanol–water partition coefficient (Wildman–Crippen LogP) is 6.37. The molecule has 8 nitrogen and oxygen atoms in total. The first-order valence-corrected chi connectivity index (χ1v) is 14.5. The summed E-state index contributed by atoms with van der Waals surface area (Å²) in [7, 11) is 0. The minimum atomic E-state index is -0.981. The quantitative estimate of drug-likeness (QED) is 0.247. The van der Waals surface area contributed by atoms with Crippen molar-refractivity contribution in [1.82, 2.24) is 14.5 Å². The molecule has 1 saturated heterocycles. The van der Waals surface area contributed by atoms with Gasteiger partial charge in [0.25, 0.3) is 0 Å². The van der Waals surface area contributed by atoms with Crippen molar-refractivity contribution < 1.29 is 24.1 Å². The Morgan fingerprint density at radius 2 is 1.95 bits per heavy atom. The van der Waals surface area contributed by atoms with Crippen molar-refractivity contribution in [1.29, 1.82) is 0 Å². The van der Waals surface area contributed by atoms with Crippen molar-refractivity contribution in [2.75, 3.05) is 19.7 Å². The Labute approximate surface area is 248 Å². The normalized spacial score (nSPS) is 18.1. The van der Waals surface area contributed by atoms with Crippen LogP contribution in [0.2, 0.25) is 5.02 Å². The van der Waals surface area contributed by atoms with Crippen molar-refractivity contribution in [3.8, 4) is 5.75 Å². The predicted molar refractivity (Wildman–Crippen MR) is 160 cm³/mol. The Bertz CT molecular complexity index is 1660. The highest BCUT2D eigenvalue weighted by Crippen LogP contribution is 2.44. The summed E-state index contributed by atoms with van der Waals surface area (Å²) in [4.78, 5) is 23.4. The number of rotatable bonds is 8. The maximum absolute atomic E-state index is 14.7. The van der Waals surface area contributed by atoms with E-state index in [0.717, 1.165) is 54.0 Å². The second-order valence-electron chi connectivity index (χ2n) is 11.2. The number of imidazole rings is 1. The molecule has 6 rings (SSSR count). The van der Waals surface area contributed by atoms with E-state index in [1.165, 1.54) is 6.07 Å². The van der Waals surface area contributed by atoms with Gasteiger partial charge in [-0.25, -0.2) is 14.2 Å². The molecule has 0 radical (unpaired) electrons. The number of aromatic nitrogens is 2. The number of hydrogen-bond donors (Lipinski definition) is 2. The van der Waals surface area contributed by atoms with Gasteiger partial charge in [-0.3, -0.25) is 9.89 Å². The van der Waals surface area contributed by atoms with Gasteiger partial charge in [-0.15, -0.1) is 0 Å². The van der Waals surface area contributed by atoms with Crippen LogP contribution in [0.5, 0.6) is 5.75 Å². The third kappa shape index (κ3) is 5.64. The molecule has 0 aliphatic carbocycles. The van der Waals surface area contributed by atoms with Crippen LogP contribution in [0.4, 0.5) is 10.1 Å². The van der Waals surface area contributed by atoms with Crippen molar-refractivity contribution in [2.24, 2.45) is 10.9 Å². The van der Waals surface area contributed by atoms with Gasteiger partial charge in [0, 0.05) is 23.7 Å². The fourth-order valence-electron chi connectivity index (χ4n) is 5.88. The summed E-state index contributed by atoms with van der Waals surface area (Å²) in [5, 5.41) is 19.5. The lowest BCUT2D eigenvalue weighted by molar-refractivity contribution is 0.0697. The molecule has 2 N–H and O–H groups in total. The molecule has 0 amide bonds. The average molecular weight is 591 g/mol. The summed E-state index contributed by atoms with van der Waals surface area (Å²) in [6.07, 6.45) is 2.80. The Hall–Kier alpha value is -3.79. The lowest BCUT2D eigenvalue weighted by Crippen LogP contribution is -2.34. The van der Waals surface area contributed by atoms with Crippen molar-refractivity contribution in [3.05, 3.63) is 88.0 Å². The second kappa shape index (κ2) is 11.8. The van der Waals surface area contributed by atoms with E-state index in [2.05, 4.69) is 16.0 Å². The van der Waals surface area contributed by atoms with Gasteiger partial charge in [-0.05, 0) is 79.7 Å². The number of likely N-dealkylation sites (tertiary alicyclic amines) is 1. The number of piperidine rings is 1. The summed E-state index contributed by atoms with van der Waals surface area (Å²) in [5.41, 5.74) is 3.94. The van der Waals surface area contributed by atoms with E-state index in [1.807, 2.05) is 23.6 Å². The Kier molecular flexibility index (Phi) is 7.98. The first-order valence-electron chi connectivity index (χ1n) is 14.1. The van der Waals surface area contributed by atoms with E-state index in [0.29, 0.717) is 29.4 Å². The molecular weight excluding hydrogens is 559 g/mol. The number of para-hydroxylation sites is 1. The molecule has 1 fully saturated rings. The number of carboxylic acids is 1. The fourth-order valence-corrected chi connectivity index (χ4v) is 6.04. The van der Waals surface area contributed by atoms with Crippen molar-refractivity contribution >= 4 is 40.5 Å². The van der Waals surface area contributed by atoms with Crippen LogP contribution in [-0.2, 0) is 13.1 Å². The molecule has 42 heavy (non-hydrogen) atoms. The zero-order chi connectivity index (χ0) is 29.4. The van der Waals surface area contributed by atoms with Crippen LogP contribution in [0, 0.1) is 11.7 Å². The van der Waals surface area contributed by atoms with E-state index in [1.54, 1.807) is 36.5 Å². The average Bonchev–Trinajstić information content (AvgIpc) is 3.32. The van der Waals surface area contributed by atoms with Gasteiger partial charge >= 0.3 is 5.97 Å². The number of aliphatic hydroxyl groups is 1. The maximum atomic E-state index is 14.7. The standard InChI is InChI=1S/C32H32ClFN4O4/c1-19(18-39)16-38-28-13-21(32(40)41)5-8-26(28)36-30(38)17-37-11-9-20(10-12-37)23-3-2-4-27-31(23)42-29(15-35-27)24-7-6-22(33)14-25(24)34/h2-8,13-15,19-20,29,39H,9-12,16-18H2,1H3,(H,40,41)/t19-,29-/m0/s1. The Morgan fingerprint density at radius 1 is 1.14 bits per heavy atom. The smallest absolute Gasteiger partial charge is 0.335 e. The van der Waals surface area contributed by atoms with Crippen LogP contribution in [-0.4, -0.2) is 56.5 Å². The molecule has 0 bridgehead atoms. The molecular formula is C32H32ClFN4O4. The van der Waals surface area contributed by atoms with E-state index in [-0.39, 0.29) is 24.0 Å². The number of nitrogens with zero attached hydrogens (tertiary/aromatic N) is 4. The number of carbonyl (C=O) groups is 1. The van der Waals surface area contributed by atoms with Crippen LogP contribution in [0.15, 0.2) is 59.6 Å². The SMILES string of the molecule is C[C@H](CO)Cn1c(CN2CCC(c3cccc4c3O[C@H](c3ccc(Cl)cc3F)C=N4)CC2)nc2ccc(C(=O)O)cc21. The molecule has 2 atom stereocenters. The first kappa shape index (κ1) is 28.3. The largest absolute Gasteiger partial charge is 0.478 e. The molecule has 2 aliphatic rings. The van der Waals surface area contributed by atoms with Crippen molar-refractivity contribution in [3.63, 3.8) is 0 Å². The number of aliphatic hydroxyl groups excluding tert-OH is 1. The number of aliphatic imine (C=N–C) groups is 1. The summed E-state index contributed by atoms with van der Waals surface area (Å²) in [5.74, 6) is 0.405. The Balaban J connectivity index is 1.19. The number of aromatic carboxylic acids is 1. The van der Waals surface area contributed by atoms with Crippen molar-refractivity contribution in [2.45, 2.75) is 44.9 Å². The first-order chi connectivity index (χ1) is 20.3. The number of hydrogen-bond acceptors (Lipinski definition) is 6. The third-order valence-corrected chi connectivity index (χ3v) is 8.40. The van der Waals surface area contributed by atoms with Gasteiger partial charge in [0.15, 0.2) is 6.10 Å². The Morgan fingerprint density at radius 3 is 2.69 bits per heavy atom. The number of benzene rings is 3. The molecule has 4 aromatic rings. The highest BCUT2D eigenvalue weighted by molar-refractivity contribution is 6.30. The number of ether oxygens (including phenoxy) is 1. The number of halogens is 2. The van der Waals surface area contributed by atoms with E-state index >= 15 is 0 Å². The molecule has 2 aliphatic heterocycles. The fraction of sp³-hybridized carbons (Fsp3) is 0.344. The van der Waals surface area contributed by atoms with E-state index in [4.69, 9.17) is 21.3 Å². The molecule has 0 saturated carbocycles. The summed E-state index contributed by atoms with van der Waals surface area (Å²) < 4.78 is 23.0. The van der Waals surface area contributed by atoms with Crippen LogP contribution in [0.25, 0.3) is 11.0 Å². The lowest BCUT2D eigenvalue weighted by atomic mass is 9.88. The summed E-state index contributed by atoms with van der Waals surface area (Å²) in [6, 6.07) is 15.5. The van der Waals surface area contributed by atoms with Crippen LogP contribution in [0.1, 0.15) is 59.1 Å². The zero-order valence-corrected chi connectivity index (χ0v) is 24.0. The van der Waals surface area contributed by atoms with Gasteiger partial charge in [0.2, 0.25) is 0 Å². The van der Waals surface area contributed by atoms with Gasteiger partial charge < -0.3 is 19.5 Å². The molecule has 0 spiro atoms. The minimum absolute atomic E-state index is 0.00235. The molecule has 3 aromatic carbocycles.